The number of carbonyl (C=O) groups is 5. The lowest BCUT2D eigenvalue weighted by molar-refractivity contribution is -0.247. The largest absolute Gasteiger partial charge is 0.456 e. The number of amides is 2. The van der Waals surface area contributed by atoms with Gasteiger partial charge in [0.15, 0.2) is 29.2 Å². The predicted octanol–water partition coefficient (Wildman–Crippen LogP) is 0.430. The van der Waals surface area contributed by atoms with E-state index in [1.807, 2.05) is 0 Å². The zero-order valence-corrected chi connectivity index (χ0v) is 17.6. The van der Waals surface area contributed by atoms with Gasteiger partial charge in [0, 0.05) is 13.8 Å². The number of alkyl halides is 1. The van der Waals surface area contributed by atoms with E-state index < -0.39 is 65.6 Å². The maximum Gasteiger partial charge on any atom is 0.303 e. The third kappa shape index (κ3) is 3.71. The number of esters is 2. The molecule has 31 heavy (non-hydrogen) atoms. The van der Waals surface area contributed by atoms with Crippen molar-refractivity contribution in [2.24, 2.45) is 0 Å². The summed E-state index contributed by atoms with van der Waals surface area (Å²) in [4.78, 5) is 62.9. The summed E-state index contributed by atoms with van der Waals surface area (Å²) in [5.74, 6) is -3.94. The van der Waals surface area contributed by atoms with Gasteiger partial charge in [-0.3, -0.25) is 28.9 Å². The van der Waals surface area contributed by atoms with Crippen LogP contribution in [0.1, 0.15) is 41.5 Å². The lowest BCUT2D eigenvalue weighted by atomic mass is 9.83. The van der Waals surface area contributed by atoms with Gasteiger partial charge >= 0.3 is 11.9 Å². The molecule has 5 atom stereocenters. The fourth-order valence-electron chi connectivity index (χ4n) is 3.86. The average molecular weight is 454 g/mol. The van der Waals surface area contributed by atoms with E-state index in [1.165, 1.54) is 12.1 Å². The molecule has 0 spiro atoms. The van der Waals surface area contributed by atoms with Crippen molar-refractivity contribution in [3.63, 3.8) is 0 Å². The zero-order chi connectivity index (χ0) is 23.1. The highest BCUT2D eigenvalue weighted by molar-refractivity contribution is 6.24. The maximum absolute atomic E-state index is 13.0. The normalized spacial score (nSPS) is 30.0. The Labute approximate surface area is 182 Å². The van der Waals surface area contributed by atoms with Gasteiger partial charge < -0.3 is 19.3 Å². The first kappa shape index (κ1) is 22.9. The van der Waals surface area contributed by atoms with Crippen LogP contribution in [0.25, 0.3) is 0 Å². The topological polar surface area (TPSA) is 137 Å². The second kappa shape index (κ2) is 8.37. The molecule has 1 saturated heterocycles. The Morgan fingerprint density at radius 1 is 1.06 bits per heavy atom. The quantitative estimate of drug-likeness (QED) is 0.382. The van der Waals surface area contributed by atoms with E-state index in [0.29, 0.717) is 0 Å². The molecule has 0 radical (unpaired) electrons. The number of aliphatic hydroxyl groups is 1. The summed E-state index contributed by atoms with van der Waals surface area (Å²) < 4.78 is 16.1. The van der Waals surface area contributed by atoms with Gasteiger partial charge in [0.25, 0.3) is 11.8 Å². The molecule has 2 aliphatic rings. The first-order valence-electron chi connectivity index (χ1n) is 9.30. The van der Waals surface area contributed by atoms with E-state index in [1.54, 1.807) is 12.1 Å². The molecular formula is C20H20ClNO9. The minimum atomic E-state index is -2.17. The van der Waals surface area contributed by atoms with Crippen LogP contribution in [-0.4, -0.2) is 75.6 Å². The second-order valence-corrected chi connectivity index (χ2v) is 7.62. The molecular weight excluding hydrogens is 434 g/mol. The molecule has 1 N–H and O–H groups in total. The molecule has 1 aromatic rings. The van der Waals surface area contributed by atoms with Crippen LogP contribution in [0.4, 0.5) is 0 Å². The maximum atomic E-state index is 13.0. The number of benzene rings is 1. The Hall–Kier alpha value is -2.82. The number of rotatable bonds is 5. The van der Waals surface area contributed by atoms with Crippen molar-refractivity contribution in [1.82, 2.24) is 4.90 Å². The fraction of sp³-hybridized carbons (Fsp3) is 0.450. The van der Waals surface area contributed by atoms with E-state index in [4.69, 9.17) is 25.8 Å². The molecule has 0 saturated carbocycles. The first-order valence-corrected chi connectivity index (χ1v) is 9.74. The molecule has 0 unspecified atom stereocenters. The van der Waals surface area contributed by atoms with Gasteiger partial charge in [-0.1, -0.05) is 23.7 Å². The van der Waals surface area contributed by atoms with Gasteiger partial charge in [-0.05, 0) is 19.1 Å². The van der Waals surface area contributed by atoms with Crippen molar-refractivity contribution in [3.8, 4) is 0 Å². The summed E-state index contributed by atoms with van der Waals surface area (Å²) in [5, 5.41) is 9.98. The van der Waals surface area contributed by atoms with Crippen molar-refractivity contribution in [2.75, 3.05) is 6.61 Å². The summed E-state index contributed by atoms with van der Waals surface area (Å²) in [6.07, 6.45) is -3.27. The summed E-state index contributed by atoms with van der Waals surface area (Å²) in [7, 11) is 0. The number of halogens is 1. The Morgan fingerprint density at radius 2 is 1.58 bits per heavy atom. The minimum absolute atomic E-state index is 0.104. The van der Waals surface area contributed by atoms with E-state index >= 15 is 0 Å². The Kier molecular flexibility index (Phi) is 6.17. The van der Waals surface area contributed by atoms with E-state index in [-0.39, 0.29) is 11.1 Å². The van der Waals surface area contributed by atoms with Crippen LogP contribution < -0.4 is 0 Å². The summed E-state index contributed by atoms with van der Waals surface area (Å²) in [6, 6.07) is 4.57. The summed E-state index contributed by atoms with van der Waals surface area (Å²) in [5.41, 5.74) is -3.54. The van der Waals surface area contributed by atoms with Crippen LogP contribution in [0, 0.1) is 0 Å². The van der Waals surface area contributed by atoms with Crippen LogP contribution in [0.3, 0.4) is 0 Å². The van der Waals surface area contributed by atoms with Crippen LogP contribution in [0.5, 0.6) is 0 Å². The number of ether oxygens (including phenoxy) is 3. The number of Topliss-reactive ketones (excluding diaryl/α,β-unsaturated/α-hetero) is 1. The highest BCUT2D eigenvalue weighted by atomic mass is 35.5. The lowest BCUT2D eigenvalue weighted by Crippen LogP contribution is -2.72. The van der Waals surface area contributed by atoms with Crippen molar-refractivity contribution < 1.29 is 43.3 Å². The number of aliphatic hydroxyl groups excluding tert-OH is 1. The highest BCUT2D eigenvalue weighted by Crippen LogP contribution is 2.40. The van der Waals surface area contributed by atoms with Crippen LogP contribution in [0.15, 0.2) is 24.3 Å². The molecule has 3 rings (SSSR count). The molecule has 1 fully saturated rings. The number of hydrogen-bond donors (Lipinski definition) is 1. The smallest absolute Gasteiger partial charge is 0.303 e. The number of nitrogens with zero attached hydrogens (tertiary/aromatic N) is 1. The van der Waals surface area contributed by atoms with Gasteiger partial charge in [0.05, 0.1) is 17.7 Å². The van der Waals surface area contributed by atoms with Crippen molar-refractivity contribution in [3.05, 3.63) is 35.4 Å². The lowest BCUT2D eigenvalue weighted by Gasteiger charge is -2.50. The van der Waals surface area contributed by atoms with E-state index in [2.05, 4.69) is 0 Å². The molecule has 0 bridgehead atoms. The monoisotopic (exact) mass is 453 g/mol. The SMILES string of the molecule is CC(=O)O[C@@H]1[C@H](N2C(=O)c3ccccc3C2=O)[C@@H](Cl)O[C@@](CO)(C(C)=O)[C@@H]1OC(C)=O. The summed E-state index contributed by atoms with van der Waals surface area (Å²) in [6.45, 7) is 2.20. The van der Waals surface area contributed by atoms with Crippen molar-refractivity contribution in [1.29, 1.82) is 0 Å². The summed E-state index contributed by atoms with van der Waals surface area (Å²) >= 11 is 6.36. The highest BCUT2D eigenvalue weighted by Gasteiger charge is 2.63. The standard InChI is InChI=1S/C20H20ClNO9/c1-9(24)20(8-23)16(30-11(3)26)15(29-10(2)25)14(17(21)31-20)22-18(27)12-6-4-5-7-13(12)19(22)28/h4-7,14-17,23H,8H2,1-3H3/t14-,15+,16+,17-,20-/m0/s1. The molecule has 1 aromatic carbocycles. The molecule has 11 heteroatoms. The zero-order valence-electron chi connectivity index (χ0n) is 16.9. The van der Waals surface area contributed by atoms with Crippen LogP contribution in [0.2, 0.25) is 0 Å². The third-order valence-corrected chi connectivity index (χ3v) is 5.58. The first-order chi connectivity index (χ1) is 14.5. The Bertz CT molecular complexity index is 929. The second-order valence-electron chi connectivity index (χ2n) is 7.19. The third-order valence-electron chi connectivity index (χ3n) is 5.24. The Morgan fingerprint density at radius 3 is 2.00 bits per heavy atom. The fourth-order valence-corrected chi connectivity index (χ4v) is 4.28. The van der Waals surface area contributed by atoms with Gasteiger partial charge in [0.2, 0.25) is 0 Å². The number of carbonyl (C=O) groups excluding carboxylic acids is 5. The van der Waals surface area contributed by atoms with Gasteiger partial charge in [-0.2, -0.15) is 0 Å². The predicted molar refractivity (Wildman–Crippen MR) is 103 cm³/mol. The number of imide groups is 1. The molecule has 2 amide bonds. The molecule has 2 heterocycles. The minimum Gasteiger partial charge on any atom is -0.456 e. The van der Waals surface area contributed by atoms with Crippen molar-refractivity contribution in [2.45, 2.75) is 50.2 Å². The average Bonchev–Trinajstić information content (AvgIpc) is 2.94. The molecule has 166 valence electrons. The van der Waals surface area contributed by atoms with Crippen LogP contribution >= 0.6 is 11.6 Å². The number of ketones is 1. The van der Waals surface area contributed by atoms with E-state index in [9.17, 15) is 29.1 Å². The number of hydrogen-bond acceptors (Lipinski definition) is 9. The molecule has 10 nitrogen and oxygen atoms in total. The van der Waals surface area contributed by atoms with Gasteiger partial charge in [0.1, 0.15) is 6.04 Å². The van der Waals surface area contributed by atoms with E-state index in [0.717, 1.165) is 25.7 Å². The Balaban J connectivity index is 2.15. The molecule has 0 aromatic heterocycles. The number of fused-ring (bicyclic) bond motifs is 1. The molecule has 0 aliphatic carbocycles. The van der Waals surface area contributed by atoms with Crippen LogP contribution in [-0.2, 0) is 28.6 Å². The molecule has 2 aliphatic heterocycles. The van der Waals surface area contributed by atoms with Gasteiger partial charge in [-0.25, -0.2) is 0 Å². The van der Waals surface area contributed by atoms with Gasteiger partial charge in [-0.15, -0.1) is 0 Å². The van der Waals surface area contributed by atoms with Crippen molar-refractivity contribution >= 4 is 41.1 Å².